The summed E-state index contributed by atoms with van der Waals surface area (Å²) in [6.45, 7) is 2.23. The van der Waals surface area contributed by atoms with E-state index in [4.69, 9.17) is 5.73 Å². The number of nitrogens with two attached hydrogens (primary N) is 1. The lowest BCUT2D eigenvalue weighted by Gasteiger charge is -2.29. The zero-order valence-electron chi connectivity index (χ0n) is 8.24. The number of hydrogen-bond acceptors (Lipinski definition) is 3. The first-order chi connectivity index (χ1) is 6.86. The first kappa shape index (κ1) is 8.24. The van der Waals surface area contributed by atoms with Crippen molar-refractivity contribution in [2.75, 3.05) is 12.3 Å². The Morgan fingerprint density at radius 2 is 2.36 bits per heavy atom. The van der Waals surface area contributed by atoms with Gasteiger partial charge in [-0.15, -0.1) is 0 Å². The quantitative estimate of drug-likeness (QED) is 0.675. The molecular weight excluding hydrogens is 174 g/mol. The highest BCUT2D eigenvalue weighted by molar-refractivity contribution is 5.48. The summed E-state index contributed by atoms with van der Waals surface area (Å²) < 4.78 is 0. The van der Waals surface area contributed by atoms with Gasteiger partial charge in [0, 0.05) is 24.3 Å². The van der Waals surface area contributed by atoms with Crippen molar-refractivity contribution < 1.29 is 0 Å². The number of hydrogen-bond donors (Lipinski definition) is 1. The second-order valence-electron chi connectivity index (χ2n) is 4.25. The summed E-state index contributed by atoms with van der Waals surface area (Å²) >= 11 is 0. The van der Waals surface area contributed by atoms with Crippen molar-refractivity contribution >= 4 is 5.82 Å². The van der Waals surface area contributed by atoms with Gasteiger partial charge >= 0.3 is 0 Å². The summed E-state index contributed by atoms with van der Waals surface area (Å²) in [7, 11) is 0. The van der Waals surface area contributed by atoms with Crippen molar-refractivity contribution in [3.05, 3.63) is 23.4 Å². The summed E-state index contributed by atoms with van der Waals surface area (Å²) in [5.41, 5.74) is 8.59. The van der Waals surface area contributed by atoms with Crippen molar-refractivity contribution in [1.29, 1.82) is 0 Å². The van der Waals surface area contributed by atoms with E-state index < -0.39 is 0 Å². The number of rotatable bonds is 0. The average Bonchev–Trinajstić information content (AvgIpc) is 2.59. The fourth-order valence-electron chi connectivity index (χ4n) is 2.74. The molecule has 1 fully saturated rings. The molecule has 1 saturated heterocycles. The molecule has 1 aromatic rings. The predicted octanol–water partition coefficient (Wildman–Crippen LogP) is 1.70. The van der Waals surface area contributed by atoms with Crippen LogP contribution in [-0.4, -0.2) is 16.4 Å². The summed E-state index contributed by atoms with van der Waals surface area (Å²) in [4.78, 5) is 6.69. The molecule has 3 heterocycles. The monoisotopic (exact) mass is 189 g/mol. The molecule has 1 atom stereocenters. The van der Waals surface area contributed by atoms with E-state index in [0.717, 1.165) is 12.4 Å². The van der Waals surface area contributed by atoms with E-state index in [0.29, 0.717) is 6.04 Å². The molecule has 3 heteroatoms. The molecule has 2 N–H and O–H groups in total. The number of aromatic nitrogens is 1. The Hall–Kier alpha value is -1.09. The lowest BCUT2D eigenvalue weighted by atomic mass is 9.98. The summed E-state index contributed by atoms with van der Waals surface area (Å²) in [6.07, 6.45) is 5.81. The van der Waals surface area contributed by atoms with Gasteiger partial charge in [-0.1, -0.05) is 6.42 Å². The molecule has 3 nitrogen and oxygen atoms in total. The number of nitrogen functional groups attached to an aromatic ring is 1. The van der Waals surface area contributed by atoms with E-state index in [1.165, 1.54) is 36.9 Å². The Morgan fingerprint density at radius 3 is 3.29 bits per heavy atom. The number of fused-ring (bicyclic) bond motifs is 3. The highest BCUT2D eigenvalue weighted by Crippen LogP contribution is 2.40. The molecule has 1 aromatic heterocycles. The van der Waals surface area contributed by atoms with Gasteiger partial charge in [-0.25, -0.2) is 4.98 Å². The van der Waals surface area contributed by atoms with Gasteiger partial charge in [0.25, 0.3) is 0 Å². The van der Waals surface area contributed by atoms with Gasteiger partial charge < -0.3 is 5.73 Å². The van der Waals surface area contributed by atoms with Gasteiger partial charge in [-0.05, 0) is 31.0 Å². The average molecular weight is 189 g/mol. The molecule has 0 radical (unpaired) electrons. The minimum atomic E-state index is 0.629. The smallest absolute Gasteiger partial charge is 0.128 e. The molecule has 0 amide bonds. The molecule has 0 spiro atoms. The lowest BCUT2D eigenvalue weighted by Crippen LogP contribution is -2.27. The molecule has 1 unspecified atom stereocenters. The van der Waals surface area contributed by atoms with Crippen LogP contribution in [0, 0.1) is 0 Å². The van der Waals surface area contributed by atoms with Crippen molar-refractivity contribution in [1.82, 2.24) is 9.88 Å². The lowest BCUT2D eigenvalue weighted by molar-refractivity contribution is 0.164. The third-order valence-corrected chi connectivity index (χ3v) is 3.46. The Kier molecular flexibility index (Phi) is 1.74. The maximum Gasteiger partial charge on any atom is 0.128 e. The van der Waals surface area contributed by atoms with Crippen LogP contribution in [0.3, 0.4) is 0 Å². The molecule has 14 heavy (non-hydrogen) atoms. The first-order valence-electron chi connectivity index (χ1n) is 5.33. The standard InChI is InChI=1S/C11H15N3/c12-11-9-7-14-6-2-1-3-10(14)8(9)4-5-13-11/h4-5,10H,1-3,6-7H2,(H2,12,13). The maximum atomic E-state index is 5.89. The fraction of sp³-hybridized carbons (Fsp3) is 0.545. The highest BCUT2D eigenvalue weighted by atomic mass is 15.2. The van der Waals surface area contributed by atoms with Crippen LogP contribution in [0.2, 0.25) is 0 Å². The van der Waals surface area contributed by atoms with E-state index in [2.05, 4.69) is 16.0 Å². The van der Waals surface area contributed by atoms with Gasteiger partial charge in [0.05, 0.1) is 0 Å². The van der Waals surface area contributed by atoms with Crippen molar-refractivity contribution in [2.45, 2.75) is 31.8 Å². The predicted molar refractivity (Wildman–Crippen MR) is 55.7 cm³/mol. The van der Waals surface area contributed by atoms with Crippen molar-refractivity contribution in [3.63, 3.8) is 0 Å². The Bertz CT molecular complexity index is 362. The van der Waals surface area contributed by atoms with Crippen LogP contribution in [0.1, 0.15) is 36.4 Å². The van der Waals surface area contributed by atoms with E-state index in [-0.39, 0.29) is 0 Å². The largest absolute Gasteiger partial charge is 0.383 e. The topological polar surface area (TPSA) is 42.1 Å². The molecule has 0 saturated carbocycles. The van der Waals surface area contributed by atoms with Gasteiger partial charge in [-0.3, -0.25) is 4.90 Å². The van der Waals surface area contributed by atoms with Crippen LogP contribution in [0.25, 0.3) is 0 Å². The zero-order valence-corrected chi connectivity index (χ0v) is 8.24. The third-order valence-electron chi connectivity index (χ3n) is 3.46. The van der Waals surface area contributed by atoms with Gasteiger partial charge in [-0.2, -0.15) is 0 Å². The number of piperidine rings is 1. The molecule has 3 rings (SSSR count). The van der Waals surface area contributed by atoms with E-state index in [1.54, 1.807) is 0 Å². The SMILES string of the molecule is Nc1nccc2c1CN1CCCCC21. The molecule has 0 bridgehead atoms. The summed E-state index contributed by atoms with van der Waals surface area (Å²) in [6, 6.07) is 2.77. The summed E-state index contributed by atoms with van der Waals surface area (Å²) in [5, 5.41) is 0. The third kappa shape index (κ3) is 1.05. The van der Waals surface area contributed by atoms with Gasteiger partial charge in [0.2, 0.25) is 0 Å². The van der Waals surface area contributed by atoms with Crippen molar-refractivity contribution in [2.24, 2.45) is 0 Å². The summed E-state index contributed by atoms with van der Waals surface area (Å²) in [5.74, 6) is 0.733. The van der Waals surface area contributed by atoms with Crippen LogP contribution in [0.5, 0.6) is 0 Å². The minimum Gasteiger partial charge on any atom is -0.383 e. The van der Waals surface area contributed by atoms with Gasteiger partial charge in [0.1, 0.15) is 5.82 Å². The van der Waals surface area contributed by atoms with Gasteiger partial charge in [0.15, 0.2) is 0 Å². The molecule has 74 valence electrons. The fourth-order valence-corrected chi connectivity index (χ4v) is 2.74. The molecular formula is C11H15N3. The minimum absolute atomic E-state index is 0.629. The van der Waals surface area contributed by atoms with E-state index in [1.807, 2.05) is 6.20 Å². The van der Waals surface area contributed by atoms with E-state index in [9.17, 15) is 0 Å². The van der Waals surface area contributed by atoms with E-state index >= 15 is 0 Å². The van der Waals surface area contributed by atoms with Crippen molar-refractivity contribution in [3.8, 4) is 0 Å². The Balaban J connectivity index is 2.05. The number of pyridine rings is 1. The second-order valence-corrected chi connectivity index (χ2v) is 4.25. The second kappa shape index (κ2) is 2.95. The van der Waals surface area contributed by atoms with Crippen LogP contribution in [0.15, 0.2) is 12.3 Å². The molecule has 2 aliphatic heterocycles. The van der Waals surface area contributed by atoms with Crippen LogP contribution < -0.4 is 5.73 Å². The van der Waals surface area contributed by atoms with Crippen LogP contribution >= 0.6 is 0 Å². The highest BCUT2D eigenvalue weighted by Gasteiger charge is 2.32. The Labute approximate surface area is 83.9 Å². The number of nitrogens with zero attached hydrogens (tertiary/aromatic N) is 2. The van der Waals surface area contributed by atoms with Crippen LogP contribution in [-0.2, 0) is 6.54 Å². The normalized spacial score (nSPS) is 25.9. The molecule has 2 aliphatic rings. The zero-order chi connectivity index (χ0) is 9.54. The van der Waals surface area contributed by atoms with Crippen LogP contribution in [0.4, 0.5) is 5.82 Å². The maximum absolute atomic E-state index is 5.89. The number of anilines is 1. The molecule has 0 aliphatic carbocycles. The molecule has 0 aromatic carbocycles. The Morgan fingerprint density at radius 1 is 1.43 bits per heavy atom. The first-order valence-corrected chi connectivity index (χ1v) is 5.33.